The van der Waals surface area contributed by atoms with Crippen molar-refractivity contribution in [1.82, 2.24) is 0 Å². The number of carboxylic acids is 1. The van der Waals surface area contributed by atoms with Crippen molar-refractivity contribution >= 4 is 17.7 Å². The van der Waals surface area contributed by atoms with E-state index in [1.165, 1.54) is 13.0 Å². The van der Waals surface area contributed by atoms with E-state index in [0.29, 0.717) is 0 Å². The predicted octanol–water partition coefficient (Wildman–Crippen LogP) is 3.18. The molecule has 1 amide bonds. The molecule has 1 aromatic rings. The molecule has 0 heterocycles. The van der Waals surface area contributed by atoms with E-state index in [9.17, 15) is 14.0 Å². The summed E-state index contributed by atoms with van der Waals surface area (Å²) in [6.07, 6.45) is -0.766. The van der Waals surface area contributed by atoms with Crippen LogP contribution in [0.15, 0.2) is 12.1 Å². The molecule has 0 aliphatic rings. The Balaban J connectivity index is 3.01. The van der Waals surface area contributed by atoms with Gasteiger partial charge in [-0.3, -0.25) is 5.32 Å². The number of halogens is 1. The molecule has 0 radical (unpaired) electrons. The van der Waals surface area contributed by atoms with Crippen molar-refractivity contribution in [3.8, 4) is 0 Å². The maximum absolute atomic E-state index is 13.5. The Hall–Kier alpha value is -2.11. The van der Waals surface area contributed by atoms with Crippen molar-refractivity contribution in [2.24, 2.45) is 0 Å². The molecular formula is C13H16FNO4. The van der Waals surface area contributed by atoms with Gasteiger partial charge in [0, 0.05) is 5.56 Å². The van der Waals surface area contributed by atoms with Gasteiger partial charge >= 0.3 is 12.1 Å². The van der Waals surface area contributed by atoms with E-state index in [2.05, 4.69) is 5.32 Å². The number of rotatable bonds is 2. The fourth-order valence-electron chi connectivity index (χ4n) is 1.35. The predicted molar refractivity (Wildman–Crippen MR) is 68.0 cm³/mol. The molecule has 2 N–H and O–H groups in total. The van der Waals surface area contributed by atoms with Gasteiger partial charge in [-0.25, -0.2) is 14.0 Å². The van der Waals surface area contributed by atoms with Crippen LogP contribution in [0.25, 0.3) is 0 Å². The average Bonchev–Trinajstić information content (AvgIpc) is 2.21. The molecule has 0 unspecified atom stereocenters. The third kappa shape index (κ3) is 4.24. The first-order valence-electron chi connectivity index (χ1n) is 5.63. The lowest BCUT2D eigenvalue weighted by Crippen LogP contribution is -2.27. The second kappa shape index (κ2) is 5.26. The zero-order valence-corrected chi connectivity index (χ0v) is 11.2. The first-order chi connectivity index (χ1) is 8.60. The van der Waals surface area contributed by atoms with E-state index in [0.717, 1.165) is 6.07 Å². The van der Waals surface area contributed by atoms with Gasteiger partial charge in [-0.15, -0.1) is 0 Å². The molecule has 0 fully saturated rings. The lowest BCUT2D eigenvalue weighted by atomic mass is 10.1. The number of hydrogen-bond acceptors (Lipinski definition) is 3. The van der Waals surface area contributed by atoms with Gasteiger partial charge in [-0.05, 0) is 39.8 Å². The summed E-state index contributed by atoms with van der Waals surface area (Å²) in [7, 11) is 0. The summed E-state index contributed by atoms with van der Waals surface area (Å²) in [6.45, 7) is 6.50. The maximum atomic E-state index is 13.5. The number of carbonyl (C=O) groups excluding carboxylic acids is 1. The molecule has 0 aliphatic heterocycles. The van der Waals surface area contributed by atoms with Crippen molar-refractivity contribution in [3.63, 3.8) is 0 Å². The van der Waals surface area contributed by atoms with E-state index in [-0.39, 0.29) is 16.8 Å². The Morgan fingerprint density at radius 3 is 2.37 bits per heavy atom. The van der Waals surface area contributed by atoms with E-state index >= 15 is 0 Å². The lowest BCUT2D eigenvalue weighted by Gasteiger charge is -2.20. The van der Waals surface area contributed by atoms with Crippen molar-refractivity contribution in [3.05, 3.63) is 29.1 Å². The van der Waals surface area contributed by atoms with Crippen molar-refractivity contribution in [2.75, 3.05) is 5.32 Å². The van der Waals surface area contributed by atoms with Crippen LogP contribution in [-0.4, -0.2) is 22.8 Å². The number of hydrogen-bond donors (Lipinski definition) is 2. The fourth-order valence-corrected chi connectivity index (χ4v) is 1.35. The number of benzene rings is 1. The van der Waals surface area contributed by atoms with Crippen molar-refractivity contribution in [2.45, 2.75) is 33.3 Å². The summed E-state index contributed by atoms with van der Waals surface area (Å²) in [5.74, 6) is -1.97. The number of nitrogens with one attached hydrogen (secondary N) is 1. The molecular weight excluding hydrogens is 253 g/mol. The molecule has 0 aliphatic carbocycles. The van der Waals surface area contributed by atoms with Gasteiger partial charge in [-0.1, -0.05) is 0 Å². The summed E-state index contributed by atoms with van der Waals surface area (Å²) in [5, 5.41) is 11.2. The van der Waals surface area contributed by atoms with Crippen LogP contribution in [0.1, 0.15) is 36.7 Å². The highest BCUT2D eigenvalue weighted by Crippen LogP contribution is 2.21. The zero-order chi connectivity index (χ0) is 14.8. The monoisotopic (exact) mass is 269 g/mol. The van der Waals surface area contributed by atoms with Crippen molar-refractivity contribution < 1.29 is 23.8 Å². The lowest BCUT2D eigenvalue weighted by molar-refractivity contribution is 0.0632. The third-order valence-electron chi connectivity index (χ3n) is 2.23. The molecule has 0 saturated heterocycles. The number of ether oxygens (including phenoxy) is 1. The molecule has 5 nitrogen and oxygen atoms in total. The standard InChI is InChI=1S/C13H16FNO4/c1-7-9(14)5-8(11(16)17)6-10(7)15-12(18)19-13(2,3)4/h5-6H,1-4H3,(H,15,18)(H,16,17). The fraction of sp³-hybridized carbons (Fsp3) is 0.385. The van der Waals surface area contributed by atoms with Gasteiger partial charge in [-0.2, -0.15) is 0 Å². The number of carbonyl (C=O) groups is 2. The highest BCUT2D eigenvalue weighted by atomic mass is 19.1. The number of carboxylic acid groups (broad SMARTS) is 1. The van der Waals surface area contributed by atoms with E-state index < -0.39 is 23.5 Å². The largest absolute Gasteiger partial charge is 0.478 e. The van der Waals surface area contributed by atoms with Crippen LogP contribution in [0.4, 0.5) is 14.9 Å². The first-order valence-corrected chi connectivity index (χ1v) is 5.63. The van der Waals surface area contributed by atoms with E-state index in [1.54, 1.807) is 20.8 Å². The summed E-state index contributed by atoms with van der Waals surface area (Å²) >= 11 is 0. The molecule has 0 atom stereocenters. The summed E-state index contributed by atoms with van der Waals surface area (Å²) < 4.78 is 18.5. The van der Waals surface area contributed by atoms with Gasteiger partial charge < -0.3 is 9.84 Å². The number of anilines is 1. The molecule has 6 heteroatoms. The molecule has 1 rings (SSSR count). The molecule has 0 spiro atoms. The third-order valence-corrected chi connectivity index (χ3v) is 2.23. The second-order valence-electron chi connectivity index (χ2n) is 5.06. The van der Waals surface area contributed by atoms with Crippen LogP contribution < -0.4 is 5.32 Å². The van der Waals surface area contributed by atoms with Crippen molar-refractivity contribution in [1.29, 1.82) is 0 Å². The molecule has 0 bridgehead atoms. The molecule has 19 heavy (non-hydrogen) atoms. The summed E-state index contributed by atoms with van der Waals surface area (Å²) in [6, 6.07) is 2.09. The molecule has 0 saturated carbocycles. The Morgan fingerprint density at radius 2 is 1.89 bits per heavy atom. The van der Waals surface area contributed by atoms with Gasteiger partial charge in [0.1, 0.15) is 11.4 Å². The average molecular weight is 269 g/mol. The Bertz CT molecular complexity index is 520. The molecule has 104 valence electrons. The summed E-state index contributed by atoms with van der Waals surface area (Å²) in [4.78, 5) is 22.4. The highest BCUT2D eigenvalue weighted by Gasteiger charge is 2.18. The van der Waals surface area contributed by atoms with Gasteiger partial charge in [0.15, 0.2) is 0 Å². The number of aromatic carboxylic acids is 1. The van der Waals surface area contributed by atoms with Gasteiger partial charge in [0.2, 0.25) is 0 Å². The van der Waals surface area contributed by atoms with E-state index in [4.69, 9.17) is 9.84 Å². The van der Waals surface area contributed by atoms with Crippen LogP contribution >= 0.6 is 0 Å². The Labute approximate surface area is 110 Å². The highest BCUT2D eigenvalue weighted by molar-refractivity contribution is 5.92. The maximum Gasteiger partial charge on any atom is 0.412 e. The smallest absolute Gasteiger partial charge is 0.412 e. The minimum absolute atomic E-state index is 0.0756. The van der Waals surface area contributed by atoms with Crippen LogP contribution in [0.5, 0.6) is 0 Å². The SMILES string of the molecule is Cc1c(F)cc(C(=O)O)cc1NC(=O)OC(C)(C)C. The van der Waals surface area contributed by atoms with Gasteiger partial charge in [0.05, 0.1) is 11.3 Å². The Kier molecular flexibility index (Phi) is 4.14. The van der Waals surface area contributed by atoms with Crippen LogP contribution in [0.3, 0.4) is 0 Å². The van der Waals surface area contributed by atoms with Crippen LogP contribution in [0, 0.1) is 12.7 Å². The molecule has 1 aromatic carbocycles. The molecule has 0 aromatic heterocycles. The first kappa shape index (κ1) is 14.9. The zero-order valence-electron chi connectivity index (χ0n) is 11.2. The number of amides is 1. The van der Waals surface area contributed by atoms with Crippen LogP contribution in [0.2, 0.25) is 0 Å². The normalized spacial score (nSPS) is 11.0. The Morgan fingerprint density at radius 1 is 1.32 bits per heavy atom. The van der Waals surface area contributed by atoms with Gasteiger partial charge in [0.25, 0.3) is 0 Å². The van der Waals surface area contributed by atoms with Crippen LogP contribution in [-0.2, 0) is 4.74 Å². The minimum Gasteiger partial charge on any atom is -0.478 e. The van der Waals surface area contributed by atoms with E-state index in [1.807, 2.05) is 0 Å². The summed E-state index contributed by atoms with van der Waals surface area (Å²) in [5.41, 5.74) is -0.710. The minimum atomic E-state index is -1.27. The second-order valence-corrected chi connectivity index (χ2v) is 5.06. The quantitative estimate of drug-likeness (QED) is 0.864. The topological polar surface area (TPSA) is 75.6 Å².